The highest BCUT2D eigenvalue weighted by Gasteiger charge is 2.38. The molecule has 3 atom stereocenters. The smallest absolute Gasteiger partial charge is 0.320 e. The van der Waals surface area contributed by atoms with Gasteiger partial charge in [0.25, 0.3) is 0 Å². The number of alkyl halides is 1. The fourth-order valence-corrected chi connectivity index (χ4v) is 5.85. The zero-order chi connectivity index (χ0) is 24.9. The summed E-state index contributed by atoms with van der Waals surface area (Å²) >= 11 is 0. The number of nitrogens with one attached hydrogen (secondary N) is 1. The van der Waals surface area contributed by atoms with E-state index in [1.807, 2.05) is 34.1 Å². The number of urea groups is 1. The van der Waals surface area contributed by atoms with Gasteiger partial charge < -0.3 is 24.6 Å². The molecule has 0 radical (unpaired) electrons. The minimum Gasteiger partial charge on any atom is -0.491 e. The highest BCUT2D eigenvalue weighted by atomic mass is 19.1. The van der Waals surface area contributed by atoms with E-state index < -0.39 is 6.67 Å². The summed E-state index contributed by atoms with van der Waals surface area (Å²) in [5, 5.41) is 2.97. The van der Waals surface area contributed by atoms with E-state index in [1.54, 1.807) is 0 Å². The first-order valence-electron chi connectivity index (χ1n) is 12.9. The second-order valence-electron chi connectivity index (χ2n) is 9.86. The van der Waals surface area contributed by atoms with Crippen molar-refractivity contribution < 1.29 is 23.5 Å². The maximum absolute atomic E-state index is 13.3. The van der Waals surface area contributed by atoms with E-state index >= 15 is 0 Å². The lowest BCUT2D eigenvalue weighted by Crippen LogP contribution is -2.62. The van der Waals surface area contributed by atoms with Crippen molar-refractivity contribution >= 4 is 11.9 Å². The Kier molecular flexibility index (Phi) is 7.70. The number of carbonyl (C=O) groups is 2. The van der Waals surface area contributed by atoms with Gasteiger partial charge in [0.05, 0.1) is 12.1 Å². The van der Waals surface area contributed by atoms with E-state index in [9.17, 15) is 14.0 Å². The number of hydrogen-bond donors (Lipinski definition) is 1. The average molecular weight is 496 g/mol. The van der Waals surface area contributed by atoms with Crippen LogP contribution in [0.2, 0.25) is 0 Å². The largest absolute Gasteiger partial charge is 0.491 e. The molecule has 0 aliphatic carbocycles. The van der Waals surface area contributed by atoms with Gasteiger partial charge in [0.1, 0.15) is 25.6 Å². The summed E-state index contributed by atoms with van der Waals surface area (Å²) in [5.74, 6) is 1.10. The first-order chi connectivity index (χ1) is 17.6. The van der Waals surface area contributed by atoms with Gasteiger partial charge in [-0.05, 0) is 48.4 Å². The molecule has 3 heterocycles. The van der Waals surface area contributed by atoms with Gasteiger partial charge in [-0.1, -0.05) is 42.5 Å². The summed E-state index contributed by atoms with van der Waals surface area (Å²) in [6, 6.07) is 18.3. The number of piperidine rings is 2. The van der Waals surface area contributed by atoms with Crippen LogP contribution < -0.4 is 10.1 Å². The van der Waals surface area contributed by atoms with Crippen LogP contribution in [0.25, 0.3) is 0 Å². The molecule has 0 saturated carbocycles. The van der Waals surface area contributed by atoms with Crippen LogP contribution in [0.5, 0.6) is 5.75 Å². The normalized spacial score (nSPS) is 23.5. The molecule has 36 heavy (non-hydrogen) atoms. The molecule has 0 bridgehead atoms. The highest BCUT2D eigenvalue weighted by Crippen LogP contribution is 2.39. The molecule has 3 amide bonds. The minimum absolute atomic E-state index is 0.00577. The zero-order valence-corrected chi connectivity index (χ0v) is 20.5. The first kappa shape index (κ1) is 24.6. The lowest BCUT2D eigenvalue weighted by molar-refractivity contribution is -0.139. The predicted octanol–water partition coefficient (Wildman–Crippen LogP) is 3.59. The van der Waals surface area contributed by atoms with Crippen molar-refractivity contribution in [2.75, 3.05) is 46.1 Å². The molecule has 0 spiro atoms. The molecule has 3 aliphatic rings. The fraction of sp³-hybridized carbons (Fsp3) is 0.500. The molecule has 2 aromatic carbocycles. The molecule has 192 valence electrons. The van der Waals surface area contributed by atoms with E-state index in [2.05, 4.69) is 35.6 Å². The van der Waals surface area contributed by atoms with Gasteiger partial charge in [-0.3, -0.25) is 4.79 Å². The molecule has 1 unspecified atom stereocenters. The van der Waals surface area contributed by atoms with Crippen molar-refractivity contribution in [3.05, 3.63) is 65.7 Å². The number of ether oxygens (including phenoxy) is 2. The standard InChI is InChI=1S/C28H34FN3O4/c29-12-16-35-23-8-4-7-22(17-23)27(20-5-2-1-3-6-20)21-9-13-31(14-10-21)28(34)32-15-11-25-24(18-32)30-26(33)19-36-25/h1-8,17,21,24-25,27H,9-16,18-19H2,(H,30,33)/t24-,25?,27-/m1/s1. The zero-order valence-electron chi connectivity index (χ0n) is 20.5. The average Bonchev–Trinajstić information content (AvgIpc) is 2.92. The van der Waals surface area contributed by atoms with E-state index in [0.29, 0.717) is 37.8 Å². The number of likely N-dealkylation sites (tertiary alicyclic amines) is 2. The number of rotatable bonds is 6. The van der Waals surface area contributed by atoms with E-state index in [1.165, 1.54) is 5.56 Å². The van der Waals surface area contributed by atoms with Gasteiger partial charge in [0.15, 0.2) is 0 Å². The van der Waals surface area contributed by atoms with E-state index in [-0.39, 0.29) is 43.2 Å². The maximum atomic E-state index is 13.3. The summed E-state index contributed by atoms with van der Waals surface area (Å²) in [6.45, 7) is 2.17. The summed E-state index contributed by atoms with van der Waals surface area (Å²) < 4.78 is 23.8. The topological polar surface area (TPSA) is 71.1 Å². The van der Waals surface area contributed by atoms with Crippen LogP contribution in [-0.4, -0.2) is 80.0 Å². The SMILES string of the molecule is O=C1COC2CCN(C(=O)N3CCC([C@@H](c4ccccc4)c4cccc(OCCF)c4)CC3)C[C@H]2N1. The molecular formula is C28H34FN3O4. The summed E-state index contributed by atoms with van der Waals surface area (Å²) in [6.07, 6.45) is 2.51. The molecule has 3 aliphatic heterocycles. The molecule has 3 fully saturated rings. The van der Waals surface area contributed by atoms with Gasteiger partial charge in [-0.2, -0.15) is 0 Å². The third-order valence-electron chi connectivity index (χ3n) is 7.60. The highest BCUT2D eigenvalue weighted by molar-refractivity contribution is 5.79. The van der Waals surface area contributed by atoms with Gasteiger partial charge in [0, 0.05) is 32.1 Å². The molecule has 8 heteroatoms. The quantitative estimate of drug-likeness (QED) is 0.665. The molecule has 0 aromatic heterocycles. The van der Waals surface area contributed by atoms with Gasteiger partial charge in [-0.25, -0.2) is 9.18 Å². The predicted molar refractivity (Wildman–Crippen MR) is 134 cm³/mol. The van der Waals surface area contributed by atoms with Crippen molar-refractivity contribution in [1.29, 1.82) is 0 Å². The Morgan fingerprint density at radius 1 is 1.03 bits per heavy atom. The van der Waals surface area contributed by atoms with Gasteiger partial charge in [0.2, 0.25) is 5.91 Å². The Bertz CT molecular complexity index is 1040. The second kappa shape index (κ2) is 11.3. The lowest BCUT2D eigenvalue weighted by Gasteiger charge is -2.44. The first-order valence-corrected chi connectivity index (χ1v) is 12.9. The van der Waals surface area contributed by atoms with Crippen molar-refractivity contribution in [1.82, 2.24) is 15.1 Å². The number of halogens is 1. The number of hydrogen-bond acceptors (Lipinski definition) is 4. The minimum atomic E-state index is -0.517. The van der Waals surface area contributed by atoms with Crippen LogP contribution in [0.3, 0.4) is 0 Å². The molecular weight excluding hydrogens is 461 g/mol. The third-order valence-corrected chi connectivity index (χ3v) is 7.60. The monoisotopic (exact) mass is 495 g/mol. The Morgan fingerprint density at radius 2 is 1.78 bits per heavy atom. The summed E-state index contributed by atoms with van der Waals surface area (Å²) in [7, 11) is 0. The van der Waals surface area contributed by atoms with Crippen LogP contribution in [-0.2, 0) is 9.53 Å². The van der Waals surface area contributed by atoms with Crippen LogP contribution in [0.15, 0.2) is 54.6 Å². The Labute approximate surface area is 211 Å². The van der Waals surface area contributed by atoms with E-state index in [4.69, 9.17) is 9.47 Å². The van der Waals surface area contributed by atoms with Crippen LogP contribution >= 0.6 is 0 Å². The number of carbonyl (C=O) groups excluding carboxylic acids is 2. The van der Waals surface area contributed by atoms with Crippen LogP contribution in [0.1, 0.15) is 36.3 Å². The number of nitrogens with zero attached hydrogens (tertiary/aromatic N) is 2. The molecule has 5 rings (SSSR count). The summed E-state index contributed by atoms with van der Waals surface area (Å²) in [4.78, 5) is 28.9. The Balaban J connectivity index is 1.26. The number of fused-ring (bicyclic) bond motifs is 1. The van der Waals surface area contributed by atoms with Crippen LogP contribution in [0.4, 0.5) is 9.18 Å². The molecule has 1 N–H and O–H groups in total. The van der Waals surface area contributed by atoms with Gasteiger partial charge in [-0.15, -0.1) is 0 Å². The molecule has 2 aromatic rings. The number of amides is 3. The van der Waals surface area contributed by atoms with E-state index in [0.717, 1.165) is 24.8 Å². The van der Waals surface area contributed by atoms with Crippen molar-refractivity contribution in [3.63, 3.8) is 0 Å². The fourth-order valence-electron chi connectivity index (χ4n) is 5.85. The number of benzene rings is 2. The van der Waals surface area contributed by atoms with Crippen molar-refractivity contribution in [2.24, 2.45) is 5.92 Å². The Hall–Kier alpha value is -3.13. The number of morpholine rings is 1. The molecule has 7 nitrogen and oxygen atoms in total. The van der Waals surface area contributed by atoms with Crippen molar-refractivity contribution in [2.45, 2.75) is 37.3 Å². The van der Waals surface area contributed by atoms with Crippen LogP contribution in [0, 0.1) is 5.92 Å². The van der Waals surface area contributed by atoms with Gasteiger partial charge >= 0.3 is 6.03 Å². The third kappa shape index (κ3) is 5.48. The second-order valence-corrected chi connectivity index (χ2v) is 9.86. The molecule has 3 saturated heterocycles. The lowest BCUT2D eigenvalue weighted by atomic mass is 9.76. The van der Waals surface area contributed by atoms with Crippen molar-refractivity contribution in [3.8, 4) is 5.75 Å². The Morgan fingerprint density at radius 3 is 2.56 bits per heavy atom. The maximum Gasteiger partial charge on any atom is 0.320 e. The summed E-state index contributed by atoms with van der Waals surface area (Å²) in [5.41, 5.74) is 2.39.